The maximum absolute atomic E-state index is 12.2. The number of nitrogens with one attached hydrogen (secondary N) is 2. The first-order valence-electron chi connectivity index (χ1n) is 8.91. The van der Waals surface area contributed by atoms with Crippen molar-refractivity contribution in [3.05, 3.63) is 0 Å². The maximum Gasteiger partial charge on any atom is 0.314 e. The molecule has 122 valence electrons. The van der Waals surface area contributed by atoms with Crippen molar-refractivity contribution in [2.75, 3.05) is 6.79 Å². The molecule has 5 nitrogen and oxygen atoms in total. The third kappa shape index (κ3) is 1.79. The summed E-state index contributed by atoms with van der Waals surface area (Å²) in [5.74, 6) is 2.06. The second kappa shape index (κ2) is 4.25. The molecule has 0 amide bonds. The monoisotopic (exact) mass is 306 g/mol. The molecule has 1 spiro atoms. The highest BCUT2D eigenvalue weighted by Gasteiger charge is 2.75. The van der Waals surface area contributed by atoms with Gasteiger partial charge in [0.15, 0.2) is 6.79 Å². The van der Waals surface area contributed by atoms with Gasteiger partial charge in [-0.15, -0.1) is 0 Å². The zero-order valence-corrected chi connectivity index (χ0v) is 13.4. The molecule has 0 aromatic carbocycles. The van der Waals surface area contributed by atoms with Gasteiger partial charge in [0, 0.05) is 0 Å². The summed E-state index contributed by atoms with van der Waals surface area (Å²) in [6.07, 6.45) is 6.82. The van der Waals surface area contributed by atoms with Crippen LogP contribution < -0.4 is 10.6 Å². The van der Waals surface area contributed by atoms with E-state index < -0.39 is 0 Å². The fourth-order valence-electron chi connectivity index (χ4n) is 5.87. The molecule has 6 unspecified atom stereocenters. The Morgan fingerprint density at radius 3 is 2.77 bits per heavy atom. The molecule has 6 atom stereocenters. The Balaban J connectivity index is 1.15. The van der Waals surface area contributed by atoms with Gasteiger partial charge in [0.25, 0.3) is 0 Å². The predicted molar refractivity (Wildman–Crippen MR) is 79.4 cm³/mol. The van der Waals surface area contributed by atoms with Crippen molar-refractivity contribution < 1.29 is 14.3 Å². The Morgan fingerprint density at radius 1 is 1.32 bits per heavy atom. The third-order valence-corrected chi connectivity index (χ3v) is 7.00. The van der Waals surface area contributed by atoms with Crippen molar-refractivity contribution in [1.82, 2.24) is 10.6 Å². The maximum atomic E-state index is 12.2. The van der Waals surface area contributed by atoms with E-state index in [1.54, 1.807) is 0 Å². The number of ether oxygens (including phenoxy) is 2. The van der Waals surface area contributed by atoms with E-state index in [4.69, 9.17) is 9.47 Å². The summed E-state index contributed by atoms with van der Waals surface area (Å²) in [5, 5.41) is 6.53. The first kappa shape index (κ1) is 13.8. The molecule has 5 aliphatic rings. The van der Waals surface area contributed by atoms with Crippen LogP contribution in [-0.2, 0) is 14.3 Å². The van der Waals surface area contributed by atoms with Gasteiger partial charge in [-0.2, -0.15) is 0 Å². The number of hydrogen-bond acceptors (Lipinski definition) is 5. The first-order valence-corrected chi connectivity index (χ1v) is 8.91. The first-order chi connectivity index (χ1) is 10.6. The van der Waals surface area contributed by atoms with Crippen molar-refractivity contribution in [3.63, 3.8) is 0 Å². The minimum atomic E-state index is -0.133. The molecule has 3 saturated carbocycles. The van der Waals surface area contributed by atoms with E-state index in [0.717, 1.165) is 18.3 Å². The zero-order chi connectivity index (χ0) is 15.1. The van der Waals surface area contributed by atoms with Gasteiger partial charge in [0.2, 0.25) is 0 Å². The van der Waals surface area contributed by atoms with E-state index in [-0.39, 0.29) is 24.3 Å². The number of hydrogen-bond donors (Lipinski definition) is 2. The quantitative estimate of drug-likeness (QED) is 0.442. The lowest BCUT2D eigenvalue weighted by molar-refractivity contribution is -0.169. The molecule has 5 heteroatoms. The lowest BCUT2D eigenvalue weighted by Gasteiger charge is -2.30. The molecule has 2 aliphatic heterocycles. The number of carbonyl (C=O) groups is 1. The highest BCUT2D eigenvalue weighted by molar-refractivity contribution is 5.76. The van der Waals surface area contributed by atoms with Gasteiger partial charge < -0.3 is 9.47 Å². The highest BCUT2D eigenvalue weighted by Crippen LogP contribution is 2.72. The van der Waals surface area contributed by atoms with Crippen LogP contribution in [-0.4, -0.2) is 30.7 Å². The number of carbonyl (C=O) groups excluding carboxylic acids is 1. The molecule has 5 fully saturated rings. The van der Waals surface area contributed by atoms with Crippen LogP contribution in [0.1, 0.15) is 46.0 Å². The van der Waals surface area contributed by atoms with E-state index >= 15 is 0 Å². The van der Waals surface area contributed by atoms with Crippen LogP contribution in [0.2, 0.25) is 0 Å². The van der Waals surface area contributed by atoms with Crippen molar-refractivity contribution in [3.8, 4) is 0 Å². The van der Waals surface area contributed by atoms with Gasteiger partial charge in [-0.3, -0.25) is 15.4 Å². The van der Waals surface area contributed by atoms with Crippen LogP contribution in [0.4, 0.5) is 0 Å². The lowest BCUT2D eigenvalue weighted by atomic mass is 9.77. The van der Waals surface area contributed by atoms with Gasteiger partial charge in [0.05, 0.1) is 18.2 Å². The zero-order valence-electron chi connectivity index (χ0n) is 13.4. The summed E-state index contributed by atoms with van der Waals surface area (Å²) in [6, 6.07) is 0. The van der Waals surface area contributed by atoms with Crippen LogP contribution >= 0.6 is 0 Å². The fraction of sp³-hybridized carbons (Fsp3) is 0.941. The van der Waals surface area contributed by atoms with Gasteiger partial charge >= 0.3 is 5.97 Å². The SMILES string of the molecule is CCC(C(=O)OCOC1C2CC(C)CC3(C2)CC13)C12NC1N2. The Kier molecular flexibility index (Phi) is 2.66. The second-order valence-corrected chi connectivity index (χ2v) is 8.45. The number of fused-ring (bicyclic) bond motifs is 2. The van der Waals surface area contributed by atoms with Crippen LogP contribution in [0, 0.1) is 29.1 Å². The molecule has 22 heavy (non-hydrogen) atoms. The Bertz CT molecular complexity index is 518. The number of esters is 1. The molecular formula is C17H26N2O3. The summed E-state index contributed by atoms with van der Waals surface area (Å²) >= 11 is 0. The molecule has 2 saturated heterocycles. The Hall–Kier alpha value is -0.650. The third-order valence-electron chi connectivity index (χ3n) is 7.00. The summed E-state index contributed by atoms with van der Waals surface area (Å²) in [5.41, 5.74) is 0.469. The standard InChI is InChI=1S/C17H26N2O3/c1-3-11(17-15(18-17)19-17)14(20)22-8-21-13-10-4-9(2)5-16(6-10)7-12(13)16/h9-13,15,18-19H,3-8H2,1-2H3. The van der Waals surface area contributed by atoms with Crippen LogP contribution in [0.15, 0.2) is 0 Å². The van der Waals surface area contributed by atoms with Crippen LogP contribution in [0.5, 0.6) is 0 Å². The van der Waals surface area contributed by atoms with Gasteiger partial charge in [-0.1, -0.05) is 13.8 Å². The summed E-state index contributed by atoms with van der Waals surface area (Å²) < 4.78 is 11.5. The molecule has 3 aliphatic carbocycles. The molecular weight excluding hydrogens is 280 g/mol. The summed E-state index contributed by atoms with van der Waals surface area (Å²) in [6.45, 7) is 4.55. The van der Waals surface area contributed by atoms with Crippen molar-refractivity contribution in [1.29, 1.82) is 0 Å². The second-order valence-electron chi connectivity index (χ2n) is 8.45. The van der Waals surface area contributed by atoms with E-state index in [1.807, 2.05) is 6.92 Å². The summed E-state index contributed by atoms with van der Waals surface area (Å²) in [4.78, 5) is 12.2. The largest absolute Gasteiger partial charge is 0.438 e. The normalized spacial score (nSPS) is 54.2. The molecule has 0 aromatic heterocycles. The molecule has 0 radical (unpaired) electrons. The lowest BCUT2D eigenvalue weighted by Crippen LogP contribution is -2.37. The minimum Gasteiger partial charge on any atom is -0.438 e. The van der Waals surface area contributed by atoms with E-state index in [9.17, 15) is 4.79 Å². The predicted octanol–water partition coefficient (Wildman–Crippen LogP) is 1.58. The molecule has 0 aromatic rings. The van der Waals surface area contributed by atoms with Crippen molar-refractivity contribution in [2.24, 2.45) is 29.1 Å². The minimum absolute atomic E-state index is 0.0869. The number of rotatable bonds is 6. The topological polar surface area (TPSA) is 79.4 Å². The molecule has 5 rings (SSSR count). The van der Waals surface area contributed by atoms with Gasteiger partial charge in [-0.05, 0) is 55.3 Å². The van der Waals surface area contributed by atoms with E-state index in [1.165, 1.54) is 25.7 Å². The van der Waals surface area contributed by atoms with Crippen LogP contribution in [0.3, 0.4) is 0 Å². The van der Waals surface area contributed by atoms with E-state index in [2.05, 4.69) is 17.6 Å². The van der Waals surface area contributed by atoms with Crippen molar-refractivity contribution >= 4 is 5.97 Å². The summed E-state index contributed by atoms with van der Waals surface area (Å²) in [7, 11) is 0. The fourth-order valence-corrected chi connectivity index (χ4v) is 5.87. The highest BCUT2D eigenvalue weighted by atomic mass is 16.7. The Morgan fingerprint density at radius 2 is 2.09 bits per heavy atom. The average molecular weight is 306 g/mol. The molecule has 2 bridgehead atoms. The van der Waals surface area contributed by atoms with Crippen molar-refractivity contribution in [2.45, 2.75) is 63.9 Å². The van der Waals surface area contributed by atoms with Gasteiger partial charge in [-0.25, -0.2) is 0 Å². The smallest absolute Gasteiger partial charge is 0.314 e. The van der Waals surface area contributed by atoms with Crippen LogP contribution in [0.25, 0.3) is 0 Å². The van der Waals surface area contributed by atoms with E-state index in [0.29, 0.717) is 23.6 Å². The molecule has 2 N–H and O–H groups in total. The average Bonchev–Trinajstić information content (AvgIpc) is 3.34. The van der Waals surface area contributed by atoms with Gasteiger partial charge in [0.1, 0.15) is 5.66 Å². The molecule has 2 heterocycles. The Labute approximate surface area is 131 Å².